The first-order valence-electron chi connectivity index (χ1n) is 6.62. The number of nitrogens with two attached hydrogens (primary N) is 1. The molecule has 3 atom stereocenters. The zero-order valence-electron chi connectivity index (χ0n) is 12.0. The third-order valence-corrected chi connectivity index (χ3v) is 4.91. The third kappa shape index (κ3) is 4.49. The zero-order chi connectivity index (χ0) is 15.3. The number of carbonyl (C=O) groups excluding carboxylic acids is 1. The predicted octanol–water partition coefficient (Wildman–Crippen LogP) is 2.72. The molecule has 112 valence electrons. The molecule has 3 N–H and O–H groups in total. The average molecular weight is 317 g/mol. The number of nitrogens with one attached hydrogen (secondary N) is 1. The molecular weight excluding hydrogens is 296 g/mol. The summed E-state index contributed by atoms with van der Waals surface area (Å²) in [6, 6.07) is 4.87. The molecule has 0 bridgehead atoms. The highest BCUT2D eigenvalue weighted by Gasteiger charge is 2.22. The summed E-state index contributed by atoms with van der Waals surface area (Å²) in [6.45, 7) is 5.64. The Morgan fingerprint density at radius 3 is 2.65 bits per heavy atom. The van der Waals surface area contributed by atoms with Gasteiger partial charge < -0.3 is 11.1 Å². The Morgan fingerprint density at radius 1 is 1.45 bits per heavy atom. The lowest BCUT2D eigenvalue weighted by atomic mass is 10.2. The number of amides is 1. The lowest BCUT2D eigenvalue weighted by molar-refractivity contribution is -0.121. The Bertz CT molecular complexity index is 508. The van der Waals surface area contributed by atoms with Crippen LogP contribution in [0.4, 0.5) is 5.69 Å². The number of anilines is 1. The van der Waals surface area contributed by atoms with Gasteiger partial charge in [0, 0.05) is 10.9 Å². The van der Waals surface area contributed by atoms with Gasteiger partial charge >= 0.3 is 0 Å². The molecule has 0 saturated heterocycles. The van der Waals surface area contributed by atoms with Gasteiger partial charge in [-0.2, -0.15) is 0 Å². The van der Waals surface area contributed by atoms with E-state index in [-0.39, 0.29) is 11.9 Å². The van der Waals surface area contributed by atoms with E-state index in [0.29, 0.717) is 15.6 Å². The van der Waals surface area contributed by atoms with Crippen LogP contribution in [0.25, 0.3) is 0 Å². The van der Waals surface area contributed by atoms with Crippen molar-refractivity contribution in [1.29, 1.82) is 0 Å². The summed E-state index contributed by atoms with van der Waals surface area (Å²) in [7, 11) is -1.45. The van der Waals surface area contributed by atoms with E-state index in [9.17, 15) is 9.00 Å². The molecule has 0 aliphatic rings. The zero-order valence-corrected chi connectivity index (χ0v) is 13.6. The lowest BCUT2D eigenvalue weighted by Crippen LogP contribution is -2.40. The van der Waals surface area contributed by atoms with Crippen molar-refractivity contribution in [3.05, 3.63) is 23.2 Å². The Labute approximate surface area is 127 Å². The van der Waals surface area contributed by atoms with Crippen LogP contribution in [0.1, 0.15) is 33.6 Å². The number of halogens is 1. The van der Waals surface area contributed by atoms with Crippen LogP contribution in [0, 0.1) is 0 Å². The molecule has 4 nitrogen and oxygen atoms in total. The molecule has 6 heteroatoms. The minimum Gasteiger partial charge on any atom is -0.398 e. The minimum absolute atomic E-state index is 0.0851. The van der Waals surface area contributed by atoms with Crippen LogP contribution in [-0.4, -0.2) is 21.4 Å². The molecule has 0 aliphatic heterocycles. The second kappa shape index (κ2) is 7.64. The van der Waals surface area contributed by atoms with Crippen LogP contribution in [0.15, 0.2) is 23.1 Å². The number of carbonyl (C=O) groups is 1. The molecule has 1 aromatic carbocycles. The Kier molecular flexibility index (Phi) is 6.49. The van der Waals surface area contributed by atoms with Crippen LogP contribution in [0.5, 0.6) is 0 Å². The maximum atomic E-state index is 12.3. The van der Waals surface area contributed by atoms with Gasteiger partial charge in [-0.3, -0.25) is 9.00 Å². The van der Waals surface area contributed by atoms with E-state index in [1.165, 1.54) is 0 Å². The van der Waals surface area contributed by atoms with E-state index in [1.807, 2.05) is 6.92 Å². The number of rotatable bonds is 6. The molecule has 20 heavy (non-hydrogen) atoms. The highest BCUT2D eigenvalue weighted by Crippen LogP contribution is 2.23. The predicted molar refractivity (Wildman–Crippen MR) is 84.2 cm³/mol. The maximum absolute atomic E-state index is 12.3. The van der Waals surface area contributed by atoms with Gasteiger partial charge in [0.25, 0.3) is 0 Å². The number of hydrogen-bond acceptors (Lipinski definition) is 3. The van der Waals surface area contributed by atoms with E-state index >= 15 is 0 Å². The smallest absolute Gasteiger partial charge is 0.236 e. The number of hydrogen-bond donors (Lipinski definition) is 2. The molecule has 0 fully saturated rings. The van der Waals surface area contributed by atoms with Crippen LogP contribution in [0.2, 0.25) is 5.02 Å². The summed E-state index contributed by atoms with van der Waals surface area (Å²) < 4.78 is 12.3. The topological polar surface area (TPSA) is 72.2 Å². The average Bonchev–Trinajstić information content (AvgIpc) is 2.40. The summed E-state index contributed by atoms with van der Waals surface area (Å²) in [5.41, 5.74) is 6.05. The van der Waals surface area contributed by atoms with Gasteiger partial charge in [-0.05, 0) is 38.5 Å². The van der Waals surface area contributed by atoms with Crippen molar-refractivity contribution in [3.8, 4) is 0 Å². The summed E-state index contributed by atoms with van der Waals surface area (Å²) in [5, 5.41) is 2.59. The molecule has 3 unspecified atom stereocenters. The lowest BCUT2D eigenvalue weighted by Gasteiger charge is -2.17. The van der Waals surface area contributed by atoms with Crippen molar-refractivity contribution in [2.24, 2.45) is 0 Å². The summed E-state index contributed by atoms with van der Waals surface area (Å²) in [4.78, 5) is 12.5. The fourth-order valence-corrected chi connectivity index (χ4v) is 3.15. The van der Waals surface area contributed by atoms with Gasteiger partial charge in [0.1, 0.15) is 5.25 Å². The largest absolute Gasteiger partial charge is 0.398 e. The number of benzene rings is 1. The van der Waals surface area contributed by atoms with Crippen molar-refractivity contribution in [3.63, 3.8) is 0 Å². The Morgan fingerprint density at radius 2 is 2.10 bits per heavy atom. The SMILES string of the molecule is CCCC(C)NC(=O)C(C)S(=O)c1ccc(N)c(Cl)c1. The van der Waals surface area contributed by atoms with Crippen molar-refractivity contribution in [2.75, 3.05) is 5.73 Å². The standard InChI is InChI=1S/C14H21ClN2O2S/c1-4-5-9(2)17-14(18)10(3)20(19)11-6-7-13(16)12(15)8-11/h6-10H,4-5,16H2,1-3H3,(H,17,18). The third-order valence-electron chi connectivity index (χ3n) is 3.00. The van der Waals surface area contributed by atoms with Crippen LogP contribution < -0.4 is 11.1 Å². The fourth-order valence-electron chi connectivity index (χ4n) is 1.80. The molecular formula is C14H21ClN2O2S. The van der Waals surface area contributed by atoms with E-state index in [2.05, 4.69) is 12.2 Å². The first-order chi connectivity index (χ1) is 9.36. The van der Waals surface area contributed by atoms with Crippen molar-refractivity contribution >= 4 is 34.0 Å². The summed E-state index contributed by atoms with van der Waals surface area (Å²) >= 11 is 5.91. The van der Waals surface area contributed by atoms with Gasteiger partial charge in [-0.1, -0.05) is 24.9 Å². The molecule has 0 aromatic heterocycles. The Balaban J connectivity index is 2.75. The van der Waals surface area contributed by atoms with E-state index < -0.39 is 16.0 Å². The van der Waals surface area contributed by atoms with Crippen LogP contribution >= 0.6 is 11.6 Å². The molecule has 1 rings (SSSR count). The molecule has 0 radical (unpaired) electrons. The summed E-state index contributed by atoms with van der Waals surface area (Å²) in [5.74, 6) is -0.211. The quantitative estimate of drug-likeness (QED) is 0.793. The first kappa shape index (κ1) is 17.0. The normalized spacial score (nSPS) is 15.4. The van der Waals surface area contributed by atoms with Gasteiger partial charge in [0.2, 0.25) is 5.91 Å². The molecule has 1 amide bonds. The highest BCUT2D eigenvalue weighted by molar-refractivity contribution is 7.86. The monoisotopic (exact) mass is 316 g/mol. The van der Waals surface area contributed by atoms with Gasteiger partial charge in [0.15, 0.2) is 0 Å². The van der Waals surface area contributed by atoms with Crippen molar-refractivity contribution < 1.29 is 9.00 Å². The van der Waals surface area contributed by atoms with Crippen molar-refractivity contribution in [1.82, 2.24) is 5.32 Å². The maximum Gasteiger partial charge on any atom is 0.236 e. The van der Waals surface area contributed by atoms with E-state index in [1.54, 1.807) is 25.1 Å². The second-order valence-electron chi connectivity index (χ2n) is 4.82. The van der Waals surface area contributed by atoms with Crippen LogP contribution in [-0.2, 0) is 15.6 Å². The first-order valence-corrected chi connectivity index (χ1v) is 8.21. The van der Waals surface area contributed by atoms with Crippen LogP contribution in [0.3, 0.4) is 0 Å². The Hall–Kier alpha value is -1.07. The summed E-state index contributed by atoms with van der Waals surface area (Å²) in [6.07, 6.45) is 1.89. The van der Waals surface area contributed by atoms with Gasteiger partial charge in [-0.25, -0.2) is 0 Å². The fraction of sp³-hybridized carbons (Fsp3) is 0.500. The van der Waals surface area contributed by atoms with Crippen molar-refractivity contribution in [2.45, 2.75) is 49.8 Å². The van der Waals surface area contributed by atoms with E-state index in [0.717, 1.165) is 12.8 Å². The second-order valence-corrected chi connectivity index (χ2v) is 7.00. The number of nitrogen functional groups attached to an aromatic ring is 1. The highest BCUT2D eigenvalue weighted by atomic mass is 35.5. The minimum atomic E-state index is -1.45. The molecule has 0 saturated carbocycles. The van der Waals surface area contributed by atoms with Gasteiger partial charge in [0.05, 0.1) is 21.5 Å². The van der Waals surface area contributed by atoms with E-state index in [4.69, 9.17) is 17.3 Å². The molecule has 0 heterocycles. The molecule has 0 spiro atoms. The molecule has 0 aliphatic carbocycles. The molecule has 1 aromatic rings. The van der Waals surface area contributed by atoms with Gasteiger partial charge in [-0.15, -0.1) is 0 Å².